The van der Waals surface area contributed by atoms with E-state index >= 15 is 0 Å². The fraction of sp³-hybridized carbons (Fsp3) is 0.207. The van der Waals surface area contributed by atoms with Crippen LogP contribution in [0.5, 0.6) is 0 Å². The molecule has 2 aliphatic carbocycles. The summed E-state index contributed by atoms with van der Waals surface area (Å²) in [6.07, 6.45) is 21.3. The first-order valence-corrected chi connectivity index (χ1v) is 44.9. The van der Waals surface area contributed by atoms with Crippen LogP contribution in [0.4, 0.5) is 4.39 Å². The average molecular weight is 1700 g/mol. The number of aryl methyl sites for hydroxylation is 10. The second-order valence-electron chi connectivity index (χ2n) is 35.1. The molecule has 634 valence electrons. The van der Waals surface area contributed by atoms with E-state index in [1.807, 2.05) is 162 Å². The molecule has 24 rings (SSSR count). The Morgan fingerprint density at radius 3 is 1.15 bits per heavy atom. The van der Waals surface area contributed by atoms with Crippen LogP contribution in [0.2, 0.25) is 0 Å². The summed E-state index contributed by atoms with van der Waals surface area (Å²) in [5, 5.41) is 17.1. The lowest BCUT2D eigenvalue weighted by Crippen LogP contribution is -2.31. The van der Waals surface area contributed by atoms with E-state index in [1.54, 1.807) is 18.3 Å². The zero-order chi connectivity index (χ0) is 93.9. The highest BCUT2D eigenvalue weighted by Crippen LogP contribution is 2.46. The number of pyridine rings is 8. The maximum Gasteiger partial charge on any atom is 0.228 e. The zero-order valence-corrected chi connectivity index (χ0v) is 73.9. The Kier molecular flexibility index (Phi) is 19.5. The molecule has 0 atom stereocenters. The van der Waals surface area contributed by atoms with Crippen molar-refractivity contribution < 1.29 is 49.9 Å². The number of furan rings is 4. The molecule has 2 fully saturated rings. The van der Waals surface area contributed by atoms with Gasteiger partial charge in [0.25, 0.3) is 0 Å². The van der Waals surface area contributed by atoms with Crippen molar-refractivity contribution in [3.05, 3.63) is 336 Å². The van der Waals surface area contributed by atoms with Gasteiger partial charge in [0.15, 0.2) is 47.1 Å². The highest BCUT2D eigenvalue weighted by molar-refractivity contribution is 6.23. The van der Waals surface area contributed by atoms with Crippen molar-refractivity contribution >= 4 is 131 Å². The third-order valence-electron chi connectivity index (χ3n) is 26.7. The molecule has 2 saturated carbocycles. The Hall–Kier alpha value is -14.4. The third kappa shape index (κ3) is 15.1. The van der Waals surface area contributed by atoms with Crippen LogP contribution < -0.4 is 18.3 Å². The summed E-state index contributed by atoms with van der Waals surface area (Å²) in [6.45, 7) is 8.02. The molecule has 0 radical (unpaired) electrons. The number of aromatic nitrogens is 8. The number of nitrogens with zero attached hydrogens (tertiary/aromatic N) is 8. The smallest absolute Gasteiger partial charge is 0.228 e. The summed E-state index contributed by atoms with van der Waals surface area (Å²) in [5.41, 5.74) is 24.1. The fourth-order valence-electron chi connectivity index (χ4n) is 20.0. The largest absolute Gasteiger partial charge is 0.437 e. The molecular formula is C116H103FN8O4+4. The Morgan fingerprint density at radius 2 is 0.713 bits per heavy atom. The van der Waals surface area contributed by atoms with E-state index in [0.29, 0.717) is 39.6 Å². The van der Waals surface area contributed by atoms with Crippen LogP contribution in [0, 0.1) is 59.1 Å². The molecule has 0 spiro atoms. The van der Waals surface area contributed by atoms with Gasteiger partial charge in [-0.05, 0) is 155 Å². The molecular weight excluding hydrogens is 1590 g/mol. The van der Waals surface area contributed by atoms with Gasteiger partial charge in [0.2, 0.25) is 45.6 Å². The van der Waals surface area contributed by atoms with Gasteiger partial charge in [0, 0.05) is 125 Å². The van der Waals surface area contributed by atoms with Crippen LogP contribution in [-0.4, -0.2) is 19.9 Å². The van der Waals surface area contributed by atoms with Gasteiger partial charge < -0.3 is 17.7 Å². The Balaban J connectivity index is 0.000000109. The van der Waals surface area contributed by atoms with Crippen molar-refractivity contribution in [3.8, 4) is 67.3 Å². The van der Waals surface area contributed by atoms with E-state index in [1.165, 1.54) is 47.1 Å². The number of halogens is 1. The molecule has 0 unspecified atom stereocenters. The van der Waals surface area contributed by atoms with Gasteiger partial charge in [-0.25, -0.2) is 42.6 Å². The molecule has 0 N–H and O–H groups in total. The second kappa shape index (κ2) is 34.1. The molecule has 12 nitrogen and oxygen atoms in total. The van der Waals surface area contributed by atoms with E-state index in [9.17, 15) is 4.39 Å². The molecule has 129 heavy (non-hydrogen) atoms. The maximum absolute atomic E-state index is 13.7. The SMILES string of the molecule is Cc1ccc2c(oc3ncc4ccccc4c32)c1-c1cc(-c2ccccc2)cc[n+]1C.[2H]C([2H])([2H])c1c[n+](C)c(-c2c(C)ccc3c2oc2ncc4ccccc4c23)cc1-c1ccc(F)cc1.[2H]C([2H])(c1cc[n+](C)c(-c2c(C)ccc3c2oc2nc(C)c4ccccc4c23)c1)C1CCCCC1.[2H]C([2H])(c1cc[n+](C)c(-c2c(C)ccc3c2oc2ncc4ccccc4c23)c1)C1CCCCC1. The van der Waals surface area contributed by atoms with E-state index in [0.717, 1.165) is 227 Å². The topological polar surface area (TPSA) is 120 Å². The van der Waals surface area contributed by atoms with Crippen LogP contribution in [0.1, 0.15) is 118 Å². The maximum atomic E-state index is 13.7. The Morgan fingerprint density at radius 1 is 0.341 bits per heavy atom. The van der Waals surface area contributed by atoms with Gasteiger partial charge in [0.1, 0.15) is 34.0 Å². The van der Waals surface area contributed by atoms with Crippen LogP contribution in [0.25, 0.3) is 199 Å². The zero-order valence-electron chi connectivity index (χ0n) is 80.9. The lowest BCUT2D eigenvalue weighted by atomic mass is 9.85. The lowest BCUT2D eigenvalue weighted by molar-refractivity contribution is -0.660. The van der Waals surface area contributed by atoms with Crippen molar-refractivity contribution in [3.63, 3.8) is 0 Å². The van der Waals surface area contributed by atoms with Gasteiger partial charge in [0.05, 0.1) is 43.8 Å². The van der Waals surface area contributed by atoms with Crippen molar-refractivity contribution in [2.24, 2.45) is 40.0 Å². The van der Waals surface area contributed by atoms with Gasteiger partial charge in [-0.3, -0.25) is 0 Å². The van der Waals surface area contributed by atoms with Crippen LogP contribution in [-0.2, 0) is 40.9 Å². The molecule has 12 aromatic heterocycles. The van der Waals surface area contributed by atoms with Crippen molar-refractivity contribution in [1.82, 2.24) is 19.9 Å². The average Bonchev–Trinajstić information content (AvgIpc) is 1.58. The molecule has 0 saturated heterocycles. The Labute approximate surface area is 759 Å². The van der Waals surface area contributed by atoms with Gasteiger partial charge in [-0.2, -0.15) is 0 Å². The lowest BCUT2D eigenvalue weighted by Gasteiger charge is -2.21. The van der Waals surface area contributed by atoms with Crippen LogP contribution in [0.3, 0.4) is 0 Å². The van der Waals surface area contributed by atoms with Crippen molar-refractivity contribution in [1.29, 1.82) is 0 Å². The predicted octanol–water partition coefficient (Wildman–Crippen LogP) is 28.1. The molecule has 2 aliphatic rings. The highest BCUT2D eigenvalue weighted by atomic mass is 19.1. The number of hydrogen-bond acceptors (Lipinski definition) is 8. The quantitative estimate of drug-likeness (QED) is 0.124. The molecule has 0 aliphatic heterocycles. The molecule has 0 amide bonds. The minimum absolute atomic E-state index is 0.0680. The standard InChI is InChI=1S/C30H31N2O.C29H22FN2O.C29H29N2O.C28H21N2O/c1-19-13-14-25-28-24-12-8-7-11-23(24)20(2)31-30(28)33-29(25)27(19)26-18-22(15-16-32(26)3)17-21-9-5-4-6-10-21;1-17-8-13-23-27-22-7-5-4-6-20(22)15-31-29(27)33-28(23)26(17)25-14-24(18(2)16-32(25)3)19-9-11-21(30)12-10-19;1-19-12-13-24-27-23-11-7-6-10-22(23)18-30-29(27)32-28(24)26(19)25-17-21(14-15-31(25)2)16-20-8-4-3-5-9-20;1-18-12-13-23-26-22-11-7-6-10-21(22)17-29-28(26)31-27(23)25(18)24-16-20(14-15-30(24)2)19-8-4-3-5-9-19/h7-8,11-16,18,21H,4-6,9-10,17H2,1-3H3;4-16H,1-3H3;6-7,10-15,17-18,20H,3-5,8-9,16H2,1-2H3;3-17H,1-2H3/q4*+1/i17D2;2D3;16D2;. The molecule has 10 aromatic carbocycles. The molecule has 22 aromatic rings. The summed E-state index contributed by atoms with van der Waals surface area (Å²) in [7, 11) is 7.95. The molecule has 13 heteroatoms. The number of rotatable bonds is 10. The predicted molar refractivity (Wildman–Crippen MR) is 522 cm³/mol. The van der Waals surface area contributed by atoms with Crippen molar-refractivity contribution in [2.75, 3.05) is 0 Å². The van der Waals surface area contributed by atoms with E-state index in [4.69, 9.17) is 32.2 Å². The van der Waals surface area contributed by atoms with Gasteiger partial charge >= 0.3 is 0 Å². The van der Waals surface area contributed by atoms with Crippen molar-refractivity contribution in [2.45, 2.75) is 118 Å². The first-order valence-electron chi connectivity index (χ1n) is 48.4. The summed E-state index contributed by atoms with van der Waals surface area (Å²) in [4.78, 5) is 18.6. The first-order chi connectivity index (χ1) is 65.7. The highest BCUT2D eigenvalue weighted by Gasteiger charge is 2.30. The van der Waals surface area contributed by atoms with Crippen LogP contribution >= 0.6 is 0 Å². The van der Waals surface area contributed by atoms with E-state index in [-0.39, 0.29) is 23.2 Å². The minimum Gasteiger partial charge on any atom is -0.437 e. The van der Waals surface area contributed by atoms with Gasteiger partial charge in [-0.1, -0.05) is 252 Å². The normalized spacial score (nSPS) is 14.5. The second-order valence-corrected chi connectivity index (χ2v) is 35.1. The minimum atomic E-state index is -2.34. The number of benzene rings is 10. The van der Waals surface area contributed by atoms with E-state index < -0.39 is 19.6 Å². The Bertz CT molecular complexity index is 8520. The monoisotopic (exact) mass is 1700 g/mol. The fourth-order valence-corrected chi connectivity index (χ4v) is 20.0. The summed E-state index contributed by atoms with van der Waals surface area (Å²) in [6, 6.07) is 80.6. The number of hydrogen-bond donors (Lipinski definition) is 0. The summed E-state index contributed by atoms with van der Waals surface area (Å²) >= 11 is 0. The molecule has 0 bridgehead atoms. The summed E-state index contributed by atoms with van der Waals surface area (Å²) in [5.74, 6) is -0.239. The third-order valence-corrected chi connectivity index (χ3v) is 26.7. The van der Waals surface area contributed by atoms with Gasteiger partial charge in [-0.15, -0.1) is 0 Å². The number of fused-ring (bicyclic) bond motifs is 20. The van der Waals surface area contributed by atoms with E-state index in [2.05, 4.69) is 190 Å². The first kappa shape index (κ1) is 73.7. The van der Waals surface area contributed by atoms with Crippen LogP contribution in [0.15, 0.2) is 304 Å². The molecule has 12 heterocycles. The summed E-state index contributed by atoms with van der Waals surface area (Å²) < 4.78 is 108.